The van der Waals surface area contributed by atoms with Crippen LogP contribution in [0.2, 0.25) is 0 Å². The number of benzene rings is 3. The Bertz CT molecular complexity index is 849. The minimum absolute atomic E-state index is 0.135. The zero-order valence-corrected chi connectivity index (χ0v) is 12.6. The van der Waals surface area contributed by atoms with Crippen LogP contribution in [0.3, 0.4) is 0 Å². The lowest BCUT2D eigenvalue weighted by molar-refractivity contribution is 0.189. The molecular formula is C17H15O4P. The van der Waals surface area contributed by atoms with Gasteiger partial charge in [0.25, 0.3) is 0 Å². The molecule has 3 aromatic carbocycles. The van der Waals surface area contributed by atoms with Crippen molar-refractivity contribution >= 4 is 18.6 Å². The van der Waals surface area contributed by atoms with Crippen LogP contribution in [0.25, 0.3) is 21.9 Å². The predicted octanol–water partition coefficient (Wildman–Crippen LogP) is 4.12. The van der Waals surface area contributed by atoms with E-state index >= 15 is 0 Å². The second kappa shape index (κ2) is 6.03. The molecule has 0 unspecified atom stereocenters. The van der Waals surface area contributed by atoms with Crippen molar-refractivity contribution in [2.75, 3.05) is 0 Å². The number of hydrogen-bond acceptors (Lipinski definition) is 2. The Morgan fingerprint density at radius 1 is 0.818 bits per heavy atom. The Balaban J connectivity index is 2.09. The fraction of sp³-hybridized carbons (Fsp3) is 0.0588. The normalized spacial score (nSPS) is 11.7. The largest absolute Gasteiger partial charge is 0.469 e. The summed E-state index contributed by atoms with van der Waals surface area (Å²) < 4.78 is 15.6. The Morgan fingerprint density at radius 2 is 1.45 bits per heavy atom. The maximum absolute atomic E-state index is 10.9. The lowest BCUT2D eigenvalue weighted by Gasteiger charge is -2.13. The molecule has 3 rings (SSSR count). The van der Waals surface area contributed by atoms with Crippen LogP contribution in [0.5, 0.6) is 0 Å². The highest BCUT2D eigenvalue weighted by Gasteiger charge is 2.16. The third-order valence-electron chi connectivity index (χ3n) is 3.49. The summed E-state index contributed by atoms with van der Waals surface area (Å²) in [6.07, 6.45) is 0. The highest BCUT2D eigenvalue weighted by molar-refractivity contribution is 7.46. The van der Waals surface area contributed by atoms with Gasteiger partial charge in [-0.25, -0.2) is 4.57 Å². The first-order valence-electron chi connectivity index (χ1n) is 6.81. The van der Waals surface area contributed by atoms with Gasteiger partial charge in [-0.15, -0.1) is 0 Å². The van der Waals surface area contributed by atoms with E-state index in [1.165, 1.54) is 0 Å². The van der Waals surface area contributed by atoms with Gasteiger partial charge in [0.1, 0.15) is 0 Å². The smallest absolute Gasteiger partial charge is 0.303 e. The average Bonchev–Trinajstić information content (AvgIpc) is 2.52. The van der Waals surface area contributed by atoms with Crippen LogP contribution >= 0.6 is 7.82 Å². The van der Waals surface area contributed by atoms with Gasteiger partial charge in [-0.2, -0.15) is 0 Å². The Kier molecular flexibility index (Phi) is 4.10. The Labute approximate surface area is 128 Å². The van der Waals surface area contributed by atoms with E-state index in [9.17, 15) is 4.57 Å². The molecule has 0 aliphatic rings. The van der Waals surface area contributed by atoms with Gasteiger partial charge in [-0.3, -0.25) is 4.52 Å². The zero-order valence-electron chi connectivity index (χ0n) is 11.7. The lowest BCUT2D eigenvalue weighted by Crippen LogP contribution is -1.94. The first kappa shape index (κ1) is 14.9. The standard InChI is InChI=1S/C17H15O4P/c18-22(19,20)21-12-14-7-2-4-10-16(14)17-11-5-8-13-6-1-3-9-15(13)17/h1-11H,12H2,(H2,18,19,20). The molecule has 3 aromatic rings. The van der Waals surface area contributed by atoms with Crippen LogP contribution in [0.1, 0.15) is 5.56 Å². The number of phosphoric acid groups is 1. The first-order chi connectivity index (χ1) is 10.5. The van der Waals surface area contributed by atoms with E-state index in [-0.39, 0.29) is 6.61 Å². The Hall–Kier alpha value is -1.97. The summed E-state index contributed by atoms with van der Waals surface area (Å²) in [5.41, 5.74) is 2.66. The number of phosphoric ester groups is 1. The van der Waals surface area contributed by atoms with Crippen molar-refractivity contribution < 1.29 is 18.9 Å². The van der Waals surface area contributed by atoms with Crippen LogP contribution in [0, 0.1) is 0 Å². The van der Waals surface area contributed by atoms with E-state index < -0.39 is 7.82 Å². The van der Waals surface area contributed by atoms with E-state index in [4.69, 9.17) is 9.79 Å². The summed E-state index contributed by atoms with van der Waals surface area (Å²) in [6.45, 7) is -0.135. The van der Waals surface area contributed by atoms with Crippen molar-refractivity contribution in [2.24, 2.45) is 0 Å². The van der Waals surface area contributed by atoms with Gasteiger partial charge >= 0.3 is 7.82 Å². The van der Waals surface area contributed by atoms with Crippen LogP contribution in [-0.4, -0.2) is 9.79 Å². The predicted molar refractivity (Wildman–Crippen MR) is 86.2 cm³/mol. The second-order valence-electron chi connectivity index (χ2n) is 4.95. The molecule has 0 aromatic heterocycles. The van der Waals surface area contributed by atoms with Crippen LogP contribution < -0.4 is 0 Å². The van der Waals surface area contributed by atoms with Gasteiger partial charge in [-0.05, 0) is 27.5 Å². The molecule has 0 heterocycles. The van der Waals surface area contributed by atoms with Gasteiger partial charge in [0.05, 0.1) is 6.61 Å². The third-order valence-corrected chi connectivity index (χ3v) is 3.95. The fourth-order valence-corrected chi connectivity index (χ4v) is 2.83. The highest BCUT2D eigenvalue weighted by atomic mass is 31.2. The van der Waals surface area contributed by atoms with E-state index in [1.807, 2.05) is 66.7 Å². The number of rotatable bonds is 4. The van der Waals surface area contributed by atoms with Crippen molar-refractivity contribution in [1.82, 2.24) is 0 Å². The molecule has 0 amide bonds. The van der Waals surface area contributed by atoms with Crippen molar-refractivity contribution in [3.63, 3.8) is 0 Å². The van der Waals surface area contributed by atoms with Gasteiger partial charge in [0.15, 0.2) is 0 Å². The molecule has 0 aliphatic heterocycles. The highest BCUT2D eigenvalue weighted by Crippen LogP contribution is 2.39. The topological polar surface area (TPSA) is 66.8 Å². The van der Waals surface area contributed by atoms with Gasteiger partial charge in [0, 0.05) is 0 Å². The van der Waals surface area contributed by atoms with Gasteiger partial charge < -0.3 is 9.79 Å². The summed E-state index contributed by atoms with van der Waals surface area (Å²) >= 11 is 0. The fourth-order valence-electron chi connectivity index (χ4n) is 2.52. The molecule has 0 fully saturated rings. The summed E-state index contributed by atoms with van der Waals surface area (Å²) in [5, 5.41) is 2.21. The average molecular weight is 314 g/mol. The van der Waals surface area contributed by atoms with Crippen LogP contribution in [-0.2, 0) is 15.7 Å². The molecule has 5 heteroatoms. The Morgan fingerprint density at radius 3 is 2.27 bits per heavy atom. The second-order valence-corrected chi connectivity index (χ2v) is 6.19. The van der Waals surface area contributed by atoms with E-state index in [0.29, 0.717) is 0 Å². The molecule has 0 atom stereocenters. The number of fused-ring (bicyclic) bond motifs is 1. The SMILES string of the molecule is O=P(O)(O)OCc1ccccc1-c1cccc2ccccc12. The summed E-state index contributed by atoms with van der Waals surface area (Å²) in [6, 6.07) is 21.5. The van der Waals surface area contributed by atoms with E-state index in [2.05, 4.69) is 4.52 Å². The molecule has 0 aliphatic carbocycles. The number of hydrogen-bond donors (Lipinski definition) is 2. The summed E-state index contributed by atoms with van der Waals surface area (Å²) in [5.74, 6) is 0. The molecule has 0 bridgehead atoms. The lowest BCUT2D eigenvalue weighted by atomic mass is 9.95. The maximum atomic E-state index is 10.9. The van der Waals surface area contributed by atoms with Crippen LogP contribution in [0.15, 0.2) is 66.7 Å². The van der Waals surface area contributed by atoms with E-state index in [0.717, 1.165) is 27.5 Å². The molecule has 0 radical (unpaired) electrons. The van der Waals surface area contributed by atoms with Crippen molar-refractivity contribution in [3.05, 3.63) is 72.3 Å². The quantitative estimate of drug-likeness (QED) is 0.711. The zero-order chi connectivity index (χ0) is 15.6. The summed E-state index contributed by atoms with van der Waals surface area (Å²) in [4.78, 5) is 17.8. The van der Waals surface area contributed by atoms with Crippen molar-refractivity contribution in [3.8, 4) is 11.1 Å². The first-order valence-corrected chi connectivity index (χ1v) is 8.34. The van der Waals surface area contributed by atoms with Crippen LogP contribution in [0.4, 0.5) is 0 Å². The molecule has 4 nitrogen and oxygen atoms in total. The molecule has 2 N–H and O–H groups in total. The van der Waals surface area contributed by atoms with Crippen molar-refractivity contribution in [1.29, 1.82) is 0 Å². The maximum Gasteiger partial charge on any atom is 0.469 e. The molecule has 0 spiro atoms. The monoisotopic (exact) mass is 314 g/mol. The summed E-state index contributed by atoms with van der Waals surface area (Å²) in [7, 11) is -4.49. The van der Waals surface area contributed by atoms with Gasteiger partial charge in [0.2, 0.25) is 0 Å². The van der Waals surface area contributed by atoms with Gasteiger partial charge in [-0.1, -0.05) is 66.7 Å². The molecule has 0 saturated heterocycles. The minimum atomic E-state index is -4.49. The molecular weight excluding hydrogens is 299 g/mol. The third kappa shape index (κ3) is 3.26. The molecule has 112 valence electrons. The van der Waals surface area contributed by atoms with E-state index in [1.54, 1.807) is 0 Å². The van der Waals surface area contributed by atoms with Crippen molar-refractivity contribution in [2.45, 2.75) is 6.61 Å². The minimum Gasteiger partial charge on any atom is -0.303 e. The molecule has 0 saturated carbocycles. The molecule has 22 heavy (non-hydrogen) atoms.